The third-order valence-electron chi connectivity index (χ3n) is 3.65. The smallest absolute Gasteiger partial charge is 0.00771 e. The first-order valence-corrected chi connectivity index (χ1v) is 7.19. The van der Waals surface area contributed by atoms with Gasteiger partial charge in [-0.05, 0) is 49.3 Å². The molecule has 1 heteroatoms. The van der Waals surface area contributed by atoms with Crippen LogP contribution in [0.15, 0.2) is 60.7 Å². The van der Waals surface area contributed by atoms with Crippen LogP contribution in [0.5, 0.6) is 0 Å². The van der Waals surface area contributed by atoms with Crippen LogP contribution in [0.2, 0.25) is 0 Å². The van der Waals surface area contributed by atoms with E-state index >= 15 is 0 Å². The molecule has 0 saturated heterocycles. The molecule has 0 amide bonds. The Labute approximate surface area is 116 Å². The maximum absolute atomic E-state index is 5.66. The van der Waals surface area contributed by atoms with Crippen LogP contribution in [0.3, 0.4) is 0 Å². The number of aryl methyl sites for hydroxylation is 1. The molecule has 1 atom stereocenters. The average Bonchev–Trinajstić information content (AvgIpc) is 2.49. The zero-order valence-electron chi connectivity index (χ0n) is 11.5. The molecule has 0 aromatic heterocycles. The lowest BCUT2D eigenvalue weighted by Gasteiger charge is -2.17. The molecule has 0 aliphatic rings. The summed E-state index contributed by atoms with van der Waals surface area (Å²) >= 11 is 0. The predicted molar refractivity (Wildman–Crippen MR) is 82.2 cm³/mol. The van der Waals surface area contributed by atoms with Gasteiger partial charge >= 0.3 is 0 Å². The minimum Gasteiger partial charge on any atom is -0.330 e. The lowest BCUT2D eigenvalue weighted by Crippen LogP contribution is -2.05. The fraction of sp³-hybridized carbons (Fsp3) is 0.333. The zero-order chi connectivity index (χ0) is 13.3. The van der Waals surface area contributed by atoms with Gasteiger partial charge in [0.05, 0.1) is 0 Å². The molecule has 2 rings (SSSR count). The van der Waals surface area contributed by atoms with Crippen molar-refractivity contribution in [1.82, 2.24) is 0 Å². The molecule has 0 aliphatic carbocycles. The van der Waals surface area contributed by atoms with E-state index < -0.39 is 0 Å². The van der Waals surface area contributed by atoms with E-state index in [4.69, 9.17) is 5.73 Å². The molecule has 0 saturated carbocycles. The summed E-state index contributed by atoms with van der Waals surface area (Å²) in [5, 5.41) is 0. The second-order valence-electron chi connectivity index (χ2n) is 5.06. The molecular formula is C18H23N. The van der Waals surface area contributed by atoms with Gasteiger partial charge in [-0.1, -0.05) is 60.7 Å². The van der Waals surface area contributed by atoms with E-state index in [1.165, 1.54) is 24.0 Å². The molecule has 1 unspecified atom stereocenters. The molecule has 19 heavy (non-hydrogen) atoms. The summed E-state index contributed by atoms with van der Waals surface area (Å²) in [6, 6.07) is 21.6. The van der Waals surface area contributed by atoms with E-state index in [0.29, 0.717) is 5.92 Å². The lowest BCUT2D eigenvalue weighted by molar-refractivity contribution is 0.557. The summed E-state index contributed by atoms with van der Waals surface area (Å²) in [4.78, 5) is 0. The topological polar surface area (TPSA) is 26.0 Å². The van der Waals surface area contributed by atoms with Gasteiger partial charge in [0.25, 0.3) is 0 Å². The lowest BCUT2D eigenvalue weighted by atomic mass is 9.88. The van der Waals surface area contributed by atoms with Gasteiger partial charge in [0.2, 0.25) is 0 Å². The van der Waals surface area contributed by atoms with E-state index in [1.54, 1.807) is 0 Å². The van der Waals surface area contributed by atoms with E-state index in [0.717, 1.165) is 19.4 Å². The van der Waals surface area contributed by atoms with Gasteiger partial charge in [0.1, 0.15) is 0 Å². The van der Waals surface area contributed by atoms with Crippen molar-refractivity contribution in [3.63, 3.8) is 0 Å². The molecule has 0 radical (unpaired) electrons. The van der Waals surface area contributed by atoms with Gasteiger partial charge in [-0.2, -0.15) is 0 Å². The fourth-order valence-electron chi connectivity index (χ4n) is 2.55. The Bertz CT molecular complexity index is 450. The zero-order valence-corrected chi connectivity index (χ0v) is 11.5. The van der Waals surface area contributed by atoms with Gasteiger partial charge in [0, 0.05) is 0 Å². The van der Waals surface area contributed by atoms with Gasteiger partial charge in [-0.15, -0.1) is 0 Å². The minimum absolute atomic E-state index is 0.630. The normalized spacial score (nSPS) is 12.3. The first kappa shape index (κ1) is 13.8. The summed E-state index contributed by atoms with van der Waals surface area (Å²) in [5.41, 5.74) is 8.54. The highest BCUT2D eigenvalue weighted by Crippen LogP contribution is 2.26. The number of nitrogens with two attached hydrogens (primary N) is 1. The minimum atomic E-state index is 0.630. The summed E-state index contributed by atoms with van der Waals surface area (Å²) in [6.45, 7) is 0.786. The third-order valence-corrected chi connectivity index (χ3v) is 3.65. The van der Waals surface area contributed by atoms with Crippen LogP contribution in [0, 0.1) is 0 Å². The molecule has 2 N–H and O–H groups in total. The highest BCUT2D eigenvalue weighted by atomic mass is 14.5. The van der Waals surface area contributed by atoms with Crippen molar-refractivity contribution in [2.75, 3.05) is 6.54 Å². The Morgan fingerprint density at radius 2 is 1.42 bits per heavy atom. The molecule has 0 heterocycles. The van der Waals surface area contributed by atoms with E-state index in [2.05, 4.69) is 60.7 Å². The Kier molecular flexibility index (Phi) is 5.64. The second kappa shape index (κ2) is 7.75. The van der Waals surface area contributed by atoms with Crippen molar-refractivity contribution in [2.45, 2.75) is 31.6 Å². The Balaban J connectivity index is 1.98. The molecule has 0 aliphatic heterocycles. The maximum Gasteiger partial charge on any atom is -0.00771 e. The standard InChI is InChI=1S/C18H23N/c19-15-7-12-18(17-10-5-2-6-11-17)14-13-16-8-3-1-4-9-16/h1-6,8-11,18H,7,12-15,19H2. The van der Waals surface area contributed by atoms with Crippen molar-refractivity contribution >= 4 is 0 Å². The van der Waals surface area contributed by atoms with Crippen molar-refractivity contribution in [2.24, 2.45) is 5.73 Å². The van der Waals surface area contributed by atoms with Crippen LogP contribution < -0.4 is 5.73 Å². The van der Waals surface area contributed by atoms with Gasteiger partial charge in [-0.3, -0.25) is 0 Å². The highest BCUT2D eigenvalue weighted by Gasteiger charge is 2.10. The van der Waals surface area contributed by atoms with Crippen LogP contribution in [-0.2, 0) is 6.42 Å². The van der Waals surface area contributed by atoms with Gasteiger partial charge < -0.3 is 5.73 Å². The number of benzene rings is 2. The largest absolute Gasteiger partial charge is 0.330 e. The first-order valence-electron chi connectivity index (χ1n) is 7.19. The Morgan fingerprint density at radius 1 is 0.789 bits per heavy atom. The quantitative estimate of drug-likeness (QED) is 0.788. The first-order chi connectivity index (χ1) is 9.40. The van der Waals surface area contributed by atoms with Crippen LogP contribution in [0.4, 0.5) is 0 Å². The average molecular weight is 253 g/mol. The van der Waals surface area contributed by atoms with Crippen molar-refractivity contribution < 1.29 is 0 Å². The molecule has 1 nitrogen and oxygen atoms in total. The fourth-order valence-corrected chi connectivity index (χ4v) is 2.55. The summed E-state index contributed by atoms with van der Waals surface area (Å²) in [6.07, 6.45) is 4.64. The van der Waals surface area contributed by atoms with Crippen molar-refractivity contribution in [3.05, 3.63) is 71.8 Å². The summed E-state index contributed by atoms with van der Waals surface area (Å²) < 4.78 is 0. The van der Waals surface area contributed by atoms with E-state index in [9.17, 15) is 0 Å². The monoisotopic (exact) mass is 253 g/mol. The van der Waals surface area contributed by atoms with Crippen LogP contribution >= 0.6 is 0 Å². The van der Waals surface area contributed by atoms with Crippen molar-refractivity contribution in [3.8, 4) is 0 Å². The Hall–Kier alpha value is -1.60. The van der Waals surface area contributed by atoms with Gasteiger partial charge in [0.15, 0.2) is 0 Å². The Morgan fingerprint density at radius 3 is 2.05 bits per heavy atom. The van der Waals surface area contributed by atoms with Crippen LogP contribution in [0.25, 0.3) is 0 Å². The molecule has 0 fully saturated rings. The van der Waals surface area contributed by atoms with Crippen LogP contribution in [0.1, 0.15) is 36.3 Å². The number of hydrogen-bond donors (Lipinski definition) is 1. The predicted octanol–water partition coefficient (Wildman–Crippen LogP) is 4.14. The van der Waals surface area contributed by atoms with Crippen molar-refractivity contribution in [1.29, 1.82) is 0 Å². The van der Waals surface area contributed by atoms with Gasteiger partial charge in [-0.25, -0.2) is 0 Å². The maximum atomic E-state index is 5.66. The van der Waals surface area contributed by atoms with E-state index in [-0.39, 0.29) is 0 Å². The number of rotatable bonds is 7. The molecule has 0 spiro atoms. The number of hydrogen-bond acceptors (Lipinski definition) is 1. The molecule has 0 bridgehead atoms. The molecular weight excluding hydrogens is 230 g/mol. The summed E-state index contributed by atoms with van der Waals surface area (Å²) in [7, 11) is 0. The van der Waals surface area contributed by atoms with Crippen LogP contribution in [-0.4, -0.2) is 6.54 Å². The second-order valence-corrected chi connectivity index (χ2v) is 5.06. The summed E-state index contributed by atoms with van der Waals surface area (Å²) in [5.74, 6) is 0.630. The SMILES string of the molecule is NCCCC(CCc1ccccc1)c1ccccc1. The molecule has 2 aromatic carbocycles. The van der Waals surface area contributed by atoms with E-state index in [1.807, 2.05) is 0 Å². The molecule has 2 aromatic rings. The highest BCUT2D eigenvalue weighted by molar-refractivity contribution is 5.21. The third kappa shape index (κ3) is 4.53. The molecule has 100 valence electrons.